The molecular weight excluding hydrogens is 245 g/mol. The van der Waals surface area contributed by atoms with Gasteiger partial charge in [0, 0.05) is 5.38 Å². The van der Waals surface area contributed by atoms with Crippen LogP contribution in [0.4, 0.5) is 0 Å². The fourth-order valence-corrected chi connectivity index (χ4v) is 2.64. The highest BCUT2D eigenvalue weighted by atomic mass is 32.1. The number of hydrogen-bond donors (Lipinski definition) is 0. The average molecular weight is 261 g/mol. The van der Waals surface area contributed by atoms with Gasteiger partial charge in [0.15, 0.2) is 0 Å². The van der Waals surface area contributed by atoms with Crippen LogP contribution in [0.15, 0.2) is 10.9 Å². The summed E-state index contributed by atoms with van der Waals surface area (Å²) < 4.78 is 22.7. The van der Waals surface area contributed by atoms with E-state index in [1.165, 1.54) is 11.3 Å². The van der Waals surface area contributed by atoms with Crippen LogP contribution in [0.2, 0.25) is 0 Å². The molecule has 0 bridgehead atoms. The Balaban J connectivity index is 3.02. The molecule has 1 rings (SSSR count). The molecule has 4 nitrogen and oxygen atoms in total. The molecule has 0 saturated carbocycles. The van der Waals surface area contributed by atoms with Crippen molar-refractivity contribution >= 4 is 19.8 Å². The smallest absolute Gasteiger partial charge is 0.297 e. The van der Waals surface area contributed by atoms with E-state index in [0.717, 1.165) is 0 Å². The van der Waals surface area contributed by atoms with E-state index in [2.05, 4.69) is 4.98 Å². The van der Waals surface area contributed by atoms with Crippen LogP contribution >= 0.6 is 19.8 Å². The average Bonchev–Trinajstić information content (AvgIpc) is 2.68. The van der Waals surface area contributed by atoms with Gasteiger partial charge >= 0.3 is 0 Å². The zero-order valence-electron chi connectivity index (χ0n) is 9.84. The van der Waals surface area contributed by atoms with Crippen molar-refractivity contribution < 1.29 is 14.0 Å². The SMILES string of the molecule is CC(C)OC(OC(C)C)(P=O)c1cscn1. The predicted octanol–water partition coefficient (Wildman–Crippen LogP) is 3.40. The number of rotatable bonds is 6. The van der Waals surface area contributed by atoms with Gasteiger partial charge in [-0.1, -0.05) is 0 Å². The van der Waals surface area contributed by atoms with Crippen molar-refractivity contribution in [1.82, 2.24) is 4.98 Å². The van der Waals surface area contributed by atoms with Gasteiger partial charge in [-0.2, -0.15) is 0 Å². The molecule has 0 aliphatic heterocycles. The molecular formula is C10H16NO3PS. The maximum Gasteiger partial charge on any atom is 0.297 e. The summed E-state index contributed by atoms with van der Waals surface area (Å²) in [6.45, 7) is 7.48. The van der Waals surface area contributed by atoms with E-state index in [9.17, 15) is 4.57 Å². The lowest BCUT2D eigenvalue weighted by Crippen LogP contribution is -2.33. The molecule has 0 saturated heterocycles. The summed E-state index contributed by atoms with van der Waals surface area (Å²) in [5, 5.41) is 1.79. The maximum absolute atomic E-state index is 11.4. The van der Waals surface area contributed by atoms with Crippen LogP contribution in [0.3, 0.4) is 0 Å². The Morgan fingerprint density at radius 3 is 2.19 bits per heavy atom. The number of hydrogen-bond acceptors (Lipinski definition) is 5. The summed E-state index contributed by atoms with van der Waals surface area (Å²) in [6, 6.07) is 0. The molecule has 16 heavy (non-hydrogen) atoms. The molecule has 1 aromatic rings. The Labute approximate surface area is 101 Å². The minimum absolute atomic E-state index is 0.0955. The predicted molar refractivity (Wildman–Crippen MR) is 63.8 cm³/mol. The largest absolute Gasteiger partial charge is 0.333 e. The maximum atomic E-state index is 11.4. The molecule has 0 amide bonds. The van der Waals surface area contributed by atoms with Gasteiger partial charge in [0.2, 0.25) is 8.46 Å². The molecule has 90 valence electrons. The van der Waals surface area contributed by atoms with Crippen LogP contribution in [0, 0.1) is 0 Å². The lowest BCUT2D eigenvalue weighted by molar-refractivity contribution is -0.220. The van der Waals surface area contributed by atoms with Gasteiger partial charge in [0.05, 0.1) is 17.7 Å². The first kappa shape index (κ1) is 13.7. The lowest BCUT2D eigenvalue weighted by Gasteiger charge is -2.29. The standard InChI is InChI=1S/C10H16NO3PS/c1-7(2)13-10(15-12,14-8(3)4)9-5-16-6-11-9/h5-8H,1-4H3. The second-order valence-electron chi connectivity index (χ2n) is 3.88. The topological polar surface area (TPSA) is 48.4 Å². The van der Waals surface area contributed by atoms with Crippen LogP contribution in [0.25, 0.3) is 0 Å². The molecule has 0 atom stereocenters. The molecule has 6 heteroatoms. The normalized spacial score (nSPS) is 12.9. The highest BCUT2D eigenvalue weighted by molar-refractivity contribution is 7.25. The van der Waals surface area contributed by atoms with E-state index in [1.807, 2.05) is 27.7 Å². The molecule has 1 heterocycles. The molecule has 0 radical (unpaired) electrons. The van der Waals surface area contributed by atoms with Crippen LogP contribution in [-0.4, -0.2) is 17.2 Å². The van der Waals surface area contributed by atoms with Crippen LogP contribution in [0.1, 0.15) is 33.4 Å². The Morgan fingerprint density at radius 2 is 1.88 bits per heavy atom. The number of aromatic nitrogens is 1. The summed E-state index contributed by atoms with van der Waals surface area (Å²) in [5.41, 5.74) is 0.946. The van der Waals surface area contributed by atoms with Crippen LogP contribution in [-0.2, 0) is 19.6 Å². The highest BCUT2D eigenvalue weighted by Gasteiger charge is 2.40. The van der Waals surface area contributed by atoms with E-state index < -0.39 is 5.53 Å². The van der Waals surface area contributed by atoms with Gasteiger partial charge in [-0.15, -0.1) is 11.3 Å². The van der Waals surface area contributed by atoms with Crippen molar-refractivity contribution in [3.05, 3.63) is 16.6 Å². The summed E-state index contributed by atoms with van der Waals surface area (Å²) in [5.74, 6) is 0. The van der Waals surface area contributed by atoms with Gasteiger partial charge < -0.3 is 9.47 Å². The van der Waals surface area contributed by atoms with Crippen molar-refractivity contribution in [2.75, 3.05) is 0 Å². The molecule has 0 N–H and O–H groups in total. The molecule has 0 unspecified atom stereocenters. The Morgan fingerprint density at radius 1 is 1.31 bits per heavy atom. The van der Waals surface area contributed by atoms with E-state index in [1.54, 1.807) is 10.9 Å². The van der Waals surface area contributed by atoms with Gasteiger partial charge in [-0.3, -0.25) is 4.57 Å². The third-order valence-electron chi connectivity index (χ3n) is 1.67. The van der Waals surface area contributed by atoms with Gasteiger partial charge in [-0.25, -0.2) is 4.98 Å². The summed E-state index contributed by atoms with van der Waals surface area (Å²) in [7, 11) is -0.235. The zero-order valence-corrected chi connectivity index (χ0v) is 11.5. The van der Waals surface area contributed by atoms with Crippen molar-refractivity contribution in [3.63, 3.8) is 0 Å². The second-order valence-corrected chi connectivity index (χ2v) is 5.37. The first-order valence-electron chi connectivity index (χ1n) is 5.09. The van der Waals surface area contributed by atoms with Crippen LogP contribution in [0.5, 0.6) is 0 Å². The van der Waals surface area contributed by atoms with Crippen molar-refractivity contribution in [1.29, 1.82) is 0 Å². The summed E-state index contributed by atoms with van der Waals surface area (Å²) in [4.78, 5) is 4.13. The molecule has 0 aromatic carbocycles. The van der Waals surface area contributed by atoms with Gasteiger partial charge in [0.1, 0.15) is 5.69 Å². The molecule has 0 fully saturated rings. The zero-order chi connectivity index (χ0) is 12.2. The highest BCUT2D eigenvalue weighted by Crippen LogP contribution is 2.39. The lowest BCUT2D eigenvalue weighted by atomic mass is 10.4. The Bertz CT molecular complexity index is 317. The number of nitrogens with zero attached hydrogens (tertiary/aromatic N) is 1. The first-order valence-corrected chi connectivity index (χ1v) is 6.84. The van der Waals surface area contributed by atoms with Gasteiger partial charge in [0.25, 0.3) is 5.53 Å². The van der Waals surface area contributed by atoms with E-state index in [0.29, 0.717) is 5.69 Å². The molecule has 1 aromatic heterocycles. The Kier molecular flexibility index (Phi) is 4.99. The molecule has 0 aliphatic rings. The third-order valence-corrected chi connectivity index (χ3v) is 2.93. The van der Waals surface area contributed by atoms with Crippen molar-refractivity contribution in [2.24, 2.45) is 0 Å². The minimum atomic E-state index is -1.28. The third kappa shape index (κ3) is 3.32. The minimum Gasteiger partial charge on any atom is -0.333 e. The van der Waals surface area contributed by atoms with E-state index in [-0.39, 0.29) is 20.7 Å². The first-order chi connectivity index (χ1) is 7.50. The Hall–Kier alpha value is -0.350. The number of thiazole rings is 1. The molecule has 0 spiro atoms. The van der Waals surface area contributed by atoms with Crippen LogP contribution < -0.4 is 0 Å². The van der Waals surface area contributed by atoms with Crippen molar-refractivity contribution in [2.45, 2.75) is 45.4 Å². The fraction of sp³-hybridized carbons (Fsp3) is 0.700. The van der Waals surface area contributed by atoms with E-state index in [4.69, 9.17) is 9.47 Å². The van der Waals surface area contributed by atoms with E-state index >= 15 is 0 Å². The summed E-state index contributed by atoms with van der Waals surface area (Å²) >= 11 is 1.42. The van der Waals surface area contributed by atoms with Gasteiger partial charge in [-0.05, 0) is 27.7 Å². The number of ether oxygens (including phenoxy) is 2. The fourth-order valence-electron chi connectivity index (χ4n) is 1.25. The monoisotopic (exact) mass is 261 g/mol. The quantitative estimate of drug-likeness (QED) is 0.581. The van der Waals surface area contributed by atoms with Crippen molar-refractivity contribution in [3.8, 4) is 0 Å². The molecule has 0 aliphatic carbocycles. The summed E-state index contributed by atoms with van der Waals surface area (Å²) in [6.07, 6.45) is -0.191. The second kappa shape index (κ2) is 5.82.